The van der Waals surface area contributed by atoms with Crippen LogP contribution in [-0.2, 0) is 0 Å². The van der Waals surface area contributed by atoms with E-state index in [9.17, 15) is 0 Å². The molecule has 1 aromatic rings. The molecule has 0 heterocycles. The largest absolute Gasteiger partial charge is 0.0854 e. The molecule has 0 spiro atoms. The van der Waals surface area contributed by atoms with Gasteiger partial charge < -0.3 is 0 Å². The summed E-state index contributed by atoms with van der Waals surface area (Å²) in [5.74, 6) is 0. The molecule has 0 radical (unpaired) electrons. The van der Waals surface area contributed by atoms with Crippen LogP contribution in [0.4, 0.5) is 0 Å². The van der Waals surface area contributed by atoms with Gasteiger partial charge in [-0.15, -0.1) is 0 Å². The van der Waals surface area contributed by atoms with Gasteiger partial charge in [-0.1, -0.05) is 70.1 Å². The van der Waals surface area contributed by atoms with E-state index in [0.29, 0.717) is 0 Å². The molecule has 1 rings (SSSR count). The first-order valence-corrected chi connectivity index (χ1v) is 5.65. The van der Waals surface area contributed by atoms with Crippen LogP contribution in [0, 0.1) is 5.41 Å². The Morgan fingerprint density at radius 1 is 1.12 bits per heavy atom. The van der Waals surface area contributed by atoms with Crippen molar-refractivity contribution in [3.8, 4) is 0 Å². The Morgan fingerprint density at radius 2 is 1.62 bits per heavy atom. The third-order valence-corrected chi connectivity index (χ3v) is 2.10. The first-order chi connectivity index (χ1) is 7.55. The van der Waals surface area contributed by atoms with Gasteiger partial charge in [0.05, 0.1) is 6.04 Å². The maximum absolute atomic E-state index is 8.52. The summed E-state index contributed by atoms with van der Waals surface area (Å²) in [5.41, 5.74) is 9.54. The number of hydrogen-bond acceptors (Lipinski definition) is 1. The van der Waals surface area contributed by atoms with Crippen LogP contribution >= 0.6 is 0 Å². The highest BCUT2D eigenvalue weighted by Crippen LogP contribution is 2.35. The molecule has 0 N–H and O–H groups in total. The molecule has 1 atom stereocenters. The monoisotopic (exact) mass is 219 g/mol. The van der Waals surface area contributed by atoms with Crippen molar-refractivity contribution in [2.75, 3.05) is 0 Å². The van der Waals surface area contributed by atoms with Crippen LogP contribution in [-0.4, -0.2) is 0 Å². The van der Waals surface area contributed by atoms with Gasteiger partial charge in [-0.2, -0.15) is 0 Å². The first kappa shape index (κ1) is 14.5. The molecule has 16 heavy (non-hydrogen) atoms. The van der Waals surface area contributed by atoms with Gasteiger partial charge in [-0.3, -0.25) is 0 Å². The SMILES string of the molecule is CC.CC(C)(C)C(N=[N+]=[N-])c1ccccc1. The second kappa shape index (κ2) is 6.91. The zero-order valence-corrected chi connectivity index (χ0v) is 10.8. The molecule has 0 aliphatic heterocycles. The van der Waals surface area contributed by atoms with E-state index >= 15 is 0 Å². The molecule has 0 aliphatic rings. The minimum absolute atomic E-state index is 0.0480. The molecule has 0 aromatic heterocycles. The van der Waals surface area contributed by atoms with Crippen LogP contribution in [0.25, 0.3) is 10.4 Å². The normalized spacial score (nSPS) is 11.8. The summed E-state index contributed by atoms with van der Waals surface area (Å²) in [4.78, 5) is 2.90. The van der Waals surface area contributed by atoms with Crippen molar-refractivity contribution in [3.63, 3.8) is 0 Å². The predicted octanol–water partition coefficient (Wildman–Crippen LogP) is 5.11. The molecular weight excluding hydrogens is 198 g/mol. The van der Waals surface area contributed by atoms with Crippen LogP contribution in [0.3, 0.4) is 0 Å². The van der Waals surface area contributed by atoms with Gasteiger partial charge in [-0.25, -0.2) is 0 Å². The van der Waals surface area contributed by atoms with E-state index < -0.39 is 0 Å². The fraction of sp³-hybridized carbons (Fsp3) is 0.538. The molecule has 3 nitrogen and oxygen atoms in total. The highest BCUT2D eigenvalue weighted by atomic mass is 15.2. The highest BCUT2D eigenvalue weighted by molar-refractivity contribution is 5.20. The van der Waals surface area contributed by atoms with Gasteiger partial charge in [0.25, 0.3) is 0 Å². The summed E-state index contributed by atoms with van der Waals surface area (Å²) in [7, 11) is 0. The average molecular weight is 219 g/mol. The van der Waals surface area contributed by atoms with E-state index in [4.69, 9.17) is 5.53 Å². The van der Waals surface area contributed by atoms with E-state index in [0.717, 1.165) is 5.56 Å². The number of nitrogens with zero attached hydrogens (tertiary/aromatic N) is 3. The second-order valence-corrected chi connectivity index (χ2v) is 4.38. The Kier molecular flexibility index (Phi) is 6.28. The van der Waals surface area contributed by atoms with Crippen LogP contribution in [0.15, 0.2) is 35.4 Å². The van der Waals surface area contributed by atoms with Crippen molar-refractivity contribution in [3.05, 3.63) is 46.3 Å². The first-order valence-electron chi connectivity index (χ1n) is 5.65. The topological polar surface area (TPSA) is 48.8 Å². The summed E-state index contributed by atoms with van der Waals surface area (Å²) in [6, 6.07) is 9.75. The fourth-order valence-corrected chi connectivity index (χ4v) is 1.43. The van der Waals surface area contributed by atoms with E-state index in [2.05, 4.69) is 30.8 Å². The van der Waals surface area contributed by atoms with Gasteiger partial charge in [0, 0.05) is 4.91 Å². The summed E-state index contributed by atoms with van der Waals surface area (Å²) in [6.45, 7) is 10.2. The van der Waals surface area contributed by atoms with Crippen LogP contribution in [0.5, 0.6) is 0 Å². The minimum Gasteiger partial charge on any atom is -0.0854 e. The van der Waals surface area contributed by atoms with Gasteiger partial charge in [0.2, 0.25) is 0 Å². The predicted molar refractivity (Wildman–Crippen MR) is 69.1 cm³/mol. The number of azide groups is 1. The third-order valence-electron chi connectivity index (χ3n) is 2.10. The molecule has 3 heteroatoms. The maximum Gasteiger partial charge on any atom is 0.0673 e. The average Bonchev–Trinajstić information content (AvgIpc) is 2.28. The van der Waals surface area contributed by atoms with E-state index in [1.54, 1.807) is 0 Å². The Morgan fingerprint density at radius 3 is 2.00 bits per heavy atom. The summed E-state index contributed by atoms with van der Waals surface area (Å²) in [5, 5.41) is 3.85. The summed E-state index contributed by atoms with van der Waals surface area (Å²) >= 11 is 0. The summed E-state index contributed by atoms with van der Waals surface area (Å²) < 4.78 is 0. The highest BCUT2D eigenvalue weighted by Gasteiger charge is 2.24. The van der Waals surface area contributed by atoms with Crippen molar-refractivity contribution >= 4 is 0 Å². The van der Waals surface area contributed by atoms with Gasteiger partial charge in [0.1, 0.15) is 0 Å². The van der Waals surface area contributed by atoms with E-state index in [1.807, 2.05) is 44.2 Å². The molecular formula is C13H21N3. The lowest BCUT2D eigenvalue weighted by Gasteiger charge is -2.26. The third kappa shape index (κ3) is 4.37. The second-order valence-electron chi connectivity index (χ2n) is 4.38. The van der Waals surface area contributed by atoms with Crippen molar-refractivity contribution in [1.29, 1.82) is 0 Å². The molecule has 0 amide bonds. The molecule has 0 saturated carbocycles. The number of benzene rings is 1. The van der Waals surface area contributed by atoms with Gasteiger partial charge in [-0.05, 0) is 16.5 Å². The van der Waals surface area contributed by atoms with Gasteiger partial charge >= 0.3 is 0 Å². The zero-order chi connectivity index (χ0) is 12.6. The fourth-order valence-electron chi connectivity index (χ4n) is 1.43. The summed E-state index contributed by atoms with van der Waals surface area (Å²) in [6.07, 6.45) is 0. The molecule has 0 fully saturated rings. The van der Waals surface area contributed by atoms with Crippen molar-refractivity contribution < 1.29 is 0 Å². The smallest absolute Gasteiger partial charge is 0.0673 e. The van der Waals surface area contributed by atoms with E-state index in [1.165, 1.54) is 0 Å². The molecule has 1 unspecified atom stereocenters. The van der Waals surface area contributed by atoms with Crippen LogP contribution in [0.2, 0.25) is 0 Å². The van der Waals surface area contributed by atoms with Crippen LogP contribution < -0.4 is 0 Å². The van der Waals surface area contributed by atoms with Crippen molar-refractivity contribution in [1.82, 2.24) is 0 Å². The molecule has 0 aliphatic carbocycles. The Bertz CT molecular complexity index is 332. The molecule has 1 aromatic carbocycles. The molecule has 0 bridgehead atoms. The zero-order valence-electron chi connectivity index (χ0n) is 10.8. The Hall–Kier alpha value is -1.47. The maximum atomic E-state index is 8.52. The van der Waals surface area contributed by atoms with Crippen molar-refractivity contribution in [2.24, 2.45) is 10.5 Å². The molecule has 0 saturated heterocycles. The Balaban J connectivity index is 0.00000106. The van der Waals surface area contributed by atoms with Crippen molar-refractivity contribution in [2.45, 2.75) is 40.7 Å². The number of rotatable bonds is 2. The van der Waals surface area contributed by atoms with Gasteiger partial charge in [0.15, 0.2) is 0 Å². The minimum atomic E-state index is -0.103. The lowest BCUT2D eigenvalue weighted by molar-refractivity contribution is 0.326. The van der Waals surface area contributed by atoms with E-state index in [-0.39, 0.29) is 11.5 Å². The Labute approximate surface area is 98.1 Å². The number of hydrogen-bond donors (Lipinski definition) is 0. The quantitative estimate of drug-likeness (QED) is 0.377. The molecule has 88 valence electrons. The van der Waals surface area contributed by atoms with Crippen LogP contribution in [0.1, 0.15) is 46.2 Å². The lowest BCUT2D eigenvalue weighted by atomic mass is 9.83. The lowest BCUT2D eigenvalue weighted by Crippen LogP contribution is -2.15. The standard InChI is InChI=1S/C11H15N3.C2H6/c1-11(2,3)10(13-14-12)9-7-5-4-6-8-9;1-2/h4-8,10H,1-3H3;1-2H3.